The Balaban J connectivity index is 1.66. The molecule has 0 spiro atoms. The molecule has 0 aliphatic carbocycles. The van der Waals surface area contributed by atoms with Crippen molar-refractivity contribution < 1.29 is 9.47 Å². The van der Waals surface area contributed by atoms with E-state index >= 15 is 0 Å². The molecule has 0 bridgehead atoms. The summed E-state index contributed by atoms with van der Waals surface area (Å²) in [7, 11) is 3.94. The highest BCUT2D eigenvalue weighted by atomic mass is 32.2. The first-order valence-electron chi connectivity index (χ1n) is 13.5. The van der Waals surface area contributed by atoms with Crippen molar-refractivity contribution >= 4 is 26.0 Å². The van der Waals surface area contributed by atoms with E-state index in [1.807, 2.05) is 30.8 Å². The second-order valence-corrected chi connectivity index (χ2v) is 11.9. The van der Waals surface area contributed by atoms with E-state index in [0.717, 1.165) is 44.2 Å². The molecule has 0 amide bonds. The molecule has 5 nitrogen and oxygen atoms in total. The first-order valence-corrected chi connectivity index (χ1v) is 14.9. The van der Waals surface area contributed by atoms with Crippen molar-refractivity contribution in [3.8, 4) is 5.75 Å². The van der Waals surface area contributed by atoms with Crippen LogP contribution in [0.15, 0.2) is 78.4 Å². The minimum Gasteiger partial charge on any atom is -0.486 e. The summed E-state index contributed by atoms with van der Waals surface area (Å²) in [4.78, 5) is 7.26. The van der Waals surface area contributed by atoms with Gasteiger partial charge < -0.3 is 19.3 Å². The van der Waals surface area contributed by atoms with E-state index in [2.05, 4.69) is 100 Å². The van der Waals surface area contributed by atoms with Crippen molar-refractivity contribution in [3.05, 3.63) is 83.9 Å². The summed E-state index contributed by atoms with van der Waals surface area (Å²) in [6, 6.07) is 8.55. The topological polar surface area (TPSA) is 28.2 Å². The van der Waals surface area contributed by atoms with E-state index in [1.165, 1.54) is 16.7 Å². The van der Waals surface area contributed by atoms with E-state index in [0.29, 0.717) is 17.6 Å². The number of piperazine rings is 2. The molecule has 3 unspecified atom stereocenters. The van der Waals surface area contributed by atoms with Crippen LogP contribution in [0.5, 0.6) is 5.75 Å². The van der Waals surface area contributed by atoms with Crippen molar-refractivity contribution in [3.63, 3.8) is 0 Å². The van der Waals surface area contributed by atoms with Crippen molar-refractivity contribution in [2.24, 2.45) is 5.92 Å². The van der Waals surface area contributed by atoms with Gasteiger partial charge in [-0.15, -0.1) is 20.6 Å². The zero-order valence-electron chi connectivity index (χ0n) is 23.7. The van der Waals surface area contributed by atoms with Crippen molar-refractivity contribution in [2.45, 2.75) is 58.6 Å². The molecule has 1 aromatic carbocycles. The fourth-order valence-corrected chi connectivity index (χ4v) is 6.01. The molecular weight excluding hydrogens is 509 g/mol. The van der Waals surface area contributed by atoms with Crippen molar-refractivity contribution in [1.29, 1.82) is 0 Å². The van der Waals surface area contributed by atoms with Crippen LogP contribution in [0, 0.1) is 5.92 Å². The van der Waals surface area contributed by atoms with Gasteiger partial charge in [-0.25, -0.2) is 0 Å². The Morgan fingerprint density at radius 2 is 1.95 bits per heavy atom. The average Bonchev–Trinajstić information content (AvgIpc) is 2.92. The molecule has 3 atom stereocenters. The van der Waals surface area contributed by atoms with Gasteiger partial charge in [0.05, 0.1) is 19.2 Å². The van der Waals surface area contributed by atoms with Crippen LogP contribution in [0.4, 0.5) is 0 Å². The molecule has 3 rings (SSSR count). The van der Waals surface area contributed by atoms with Crippen molar-refractivity contribution in [2.75, 3.05) is 32.8 Å². The molecule has 38 heavy (non-hydrogen) atoms. The number of benzene rings is 1. The number of ether oxygens (including phenoxy) is 2. The number of hydrogen-bond donors (Lipinski definition) is 0. The number of allylic oxidation sites excluding steroid dienone is 1. The lowest BCUT2D eigenvalue weighted by atomic mass is 10.0. The summed E-state index contributed by atoms with van der Waals surface area (Å²) in [6.45, 7) is 28.2. The number of nitrogens with zero attached hydrogens (tertiary/aromatic N) is 3. The van der Waals surface area contributed by atoms with Gasteiger partial charge in [-0.2, -0.15) is 0 Å². The van der Waals surface area contributed by atoms with Gasteiger partial charge >= 0.3 is 0 Å². The molecule has 0 aromatic heterocycles. The molecule has 206 valence electrons. The van der Waals surface area contributed by atoms with E-state index in [9.17, 15) is 0 Å². The average molecular weight is 554 g/mol. The van der Waals surface area contributed by atoms with Crippen LogP contribution < -0.4 is 4.74 Å². The van der Waals surface area contributed by atoms with E-state index in [-0.39, 0.29) is 18.1 Å². The molecule has 0 saturated carbocycles. The molecule has 2 fully saturated rings. The van der Waals surface area contributed by atoms with E-state index < -0.39 is 0 Å². The molecule has 0 N–H and O–H groups in total. The molecule has 0 radical (unpaired) electrons. The number of fused-ring (bicyclic) bond motifs is 1. The predicted molar refractivity (Wildman–Crippen MR) is 166 cm³/mol. The maximum absolute atomic E-state index is 6.28. The fourth-order valence-electron chi connectivity index (χ4n) is 4.85. The summed E-state index contributed by atoms with van der Waals surface area (Å²) in [5.41, 5.74) is 7.66. The maximum Gasteiger partial charge on any atom is 0.178 e. The third-order valence-electron chi connectivity index (χ3n) is 7.05. The largest absolute Gasteiger partial charge is 0.486 e. The zero-order valence-corrected chi connectivity index (χ0v) is 25.5. The SMILES string of the molecule is C=C=C(OCC)C(Oc1ccc(CN2CC(=P)N3CCN(C(=C)C(C)S/C=C\C)CC3C2=C)cc1)C(C)C. The molecule has 2 aliphatic rings. The van der Waals surface area contributed by atoms with Crippen LogP contribution in [-0.4, -0.2) is 70.3 Å². The van der Waals surface area contributed by atoms with Gasteiger partial charge in [0, 0.05) is 48.2 Å². The highest BCUT2D eigenvalue weighted by Gasteiger charge is 2.37. The predicted octanol–water partition coefficient (Wildman–Crippen LogP) is 6.55. The van der Waals surface area contributed by atoms with Crippen LogP contribution in [0.3, 0.4) is 0 Å². The van der Waals surface area contributed by atoms with Crippen LogP contribution in [0.2, 0.25) is 0 Å². The maximum atomic E-state index is 6.28. The molecular formula is C31H44N3O2PS. The van der Waals surface area contributed by atoms with Gasteiger partial charge in [-0.05, 0) is 49.8 Å². The number of hydrogen-bond acceptors (Lipinski definition) is 5. The van der Waals surface area contributed by atoms with E-state index in [4.69, 9.17) is 9.47 Å². The summed E-state index contributed by atoms with van der Waals surface area (Å²) in [5, 5.41) is 2.49. The smallest absolute Gasteiger partial charge is 0.178 e. The molecule has 2 saturated heterocycles. The summed E-state index contributed by atoms with van der Waals surface area (Å²) >= 11 is 1.81. The minimum atomic E-state index is -0.223. The van der Waals surface area contributed by atoms with Gasteiger partial charge in [0.15, 0.2) is 11.9 Å². The van der Waals surface area contributed by atoms with Crippen LogP contribution in [0.25, 0.3) is 0 Å². The second-order valence-electron chi connectivity index (χ2n) is 10.1. The quantitative estimate of drug-likeness (QED) is 0.166. The zero-order chi connectivity index (χ0) is 27.8. The lowest BCUT2D eigenvalue weighted by molar-refractivity contribution is 0.0956. The summed E-state index contributed by atoms with van der Waals surface area (Å²) in [5.74, 6) is 1.69. The lowest BCUT2D eigenvalue weighted by Gasteiger charge is -2.51. The van der Waals surface area contributed by atoms with Gasteiger partial charge in [-0.1, -0.05) is 57.5 Å². The summed E-state index contributed by atoms with van der Waals surface area (Å²) < 4.78 is 12.0. The van der Waals surface area contributed by atoms with Crippen molar-refractivity contribution in [1.82, 2.24) is 14.7 Å². The number of thioether (sulfide) groups is 1. The van der Waals surface area contributed by atoms with Crippen LogP contribution in [0.1, 0.15) is 40.2 Å². The first-order chi connectivity index (χ1) is 18.2. The monoisotopic (exact) mass is 553 g/mol. The molecule has 1 aromatic rings. The third-order valence-corrected chi connectivity index (χ3v) is 8.61. The minimum absolute atomic E-state index is 0.220. The van der Waals surface area contributed by atoms with Gasteiger partial charge in [0.25, 0.3) is 0 Å². The fraction of sp³-hybridized carbons (Fsp3) is 0.484. The Hall–Kier alpha value is -2.36. The second kappa shape index (κ2) is 14.1. The Kier molecular flexibility index (Phi) is 11.2. The highest BCUT2D eigenvalue weighted by Crippen LogP contribution is 2.31. The Bertz CT molecular complexity index is 1080. The molecule has 2 heterocycles. The summed E-state index contributed by atoms with van der Waals surface area (Å²) in [6.07, 6.45) is 1.86. The standard InChI is InChI=1S/C31H44N3O2PS/c1-9-18-38-25(8)23(6)32-16-17-34-28(20-32)24(7)33(21-30(34)37)19-26-12-14-27(15-13-26)36-31(22(4)5)29(10-2)35-11-3/h9,12-15,18,22,25,28,31,37H,2,6-7,11,16-17,19-21H2,1,3-5,8H3/b18-9-. The molecule has 7 heteroatoms. The lowest BCUT2D eigenvalue weighted by Crippen LogP contribution is -2.62. The Labute approximate surface area is 236 Å². The van der Waals surface area contributed by atoms with Crippen LogP contribution in [-0.2, 0) is 11.3 Å². The number of rotatable bonds is 12. The van der Waals surface area contributed by atoms with Gasteiger partial charge in [0.2, 0.25) is 0 Å². The third kappa shape index (κ3) is 7.39. The normalized spacial score (nSPS) is 19.8. The highest BCUT2D eigenvalue weighted by molar-refractivity contribution is 8.02. The van der Waals surface area contributed by atoms with Gasteiger partial charge in [-0.3, -0.25) is 4.90 Å². The Morgan fingerprint density at radius 3 is 2.55 bits per heavy atom. The van der Waals surface area contributed by atoms with E-state index in [1.54, 1.807) is 0 Å². The first kappa shape index (κ1) is 30.2. The molecule has 2 aliphatic heterocycles. The Morgan fingerprint density at radius 1 is 1.24 bits per heavy atom. The van der Waals surface area contributed by atoms with Crippen LogP contribution >= 0.6 is 20.6 Å². The van der Waals surface area contributed by atoms with Gasteiger partial charge in [0.1, 0.15) is 5.75 Å².